The van der Waals surface area contributed by atoms with E-state index < -0.39 is 0 Å². The van der Waals surface area contributed by atoms with Gasteiger partial charge in [-0.3, -0.25) is 9.78 Å². The number of carbonyl (C=O) groups is 1. The van der Waals surface area contributed by atoms with E-state index in [1.54, 1.807) is 0 Å². The Morgan fingerprint density at radius 2 is 1.90 bits per heavy atom. The summed E-state index contributed by atoms with van der Waals surface area (Å²) in [5.74, 6) is 0.108. The van der Waals surface area contributed by atoms with Crippen LogP contribution in [0.5, 0.6) is 0 Å². The SMILES string of the molecule is Cc1cc(C(=O)N2CC(C)NC(C)C2)c2ccccc2n1. The zero-order valence-electron chi connectivity index (χ0n) is 12.8. The number of carbonyl (C=O) groups excluding carboxylic acids is 1. The van der Waals surface area contributed by atoms with Gasteiger partial charge in [0.15, 0.2) is 0 Å². The van der Waals surface area contributed by atoms with Crippen LogP contribution in [0.1, 0.15) is 29.9 Å². The zero-order chi connectivity index (χ0) is 15.0. The number of amides is 1. The van der Waals surface area contributed by atoms with Crippen molar-refractivity contribution in [2.24, 2.45) is 0 Å². The molecule has 1 aliphatic rings. The van der Waals surface area contributed by atoms with Gasteiger partial charge < -0.3 is 10.2 Å². The number of aryl methyl sites for hydroxylation is 1. The van der Waals surface area contributed by atoms with Gasteiger partial charge in [-0.25, -0.2) is 0 Å². The number of fused-ring (bicyclic) bond motifs is 1. The Labute approximate surface area is 125 Å². The minimum atomic E-state index is 0.108. The number of nitrogens with zero attached hydrogens (tertiary/aromatic N) is 2. The standard InChI is InChI=1S/C17H21N3O/c1-11-8-15(14-6-4-5-7-16(14)19-11)17(21)20-9-12(2)18-13(3)10-20/h4-8,12-13,18H,9-10H2,1-3H3. The number of hydrogen-bond donors (Lipinski definition) is 1. The van der Waals surface area contributed by atoms with Gasteiger partial charge in [-0.15, -0.1) is 0 Å². The molecule has 2 atom stereocenters. The Morgan fingerprint density at radius 1 is 1.24 bits per heavy atom. The number of piperazine rings is 1. The number of hydrogen-bond acceptors (Lipinski definition) is 3. The molecule has 2 unspecified atom stereocenters. The summed E-state index contributed by atoms with van der Waals surface area (Å²) in [6.07, 6.45) is 0. The van der Waals surface area contributed by atoms with Crippen molar-refractivity contribution in [3.05, 3.63) is 41.6 Å². The summed E-state index contributed by atoms with van der Waals surface area (Å²) in [6.45, 7) is 7.67. The Balaban J connectivity index is 2.01. The Bertz CT molecular complexity index is 673. The molecule has 2 heterocycles. The monoisotopic (exact) mass is 283 g/mol. The van der Waals surface area contributed by atoms with Crippen LogP contribution < -0.4 is 5.32 Å². The van der Waals surface area contributed by atoms with Gasteiger partial charge in [-0.05, 0) is 32.9 Å². The molecular formula is C17H21N3O. The second-order valence-corrected chi connectivity index (χ2v) is 6.01. The van der Waals surface area contributed by atoms with Crippen LogP contribution in [-0.2, 0) is 0 Å². The van der Waals surface area contributed by atoms with Crippen LogP contribution in [0.3, 0.4) is 0 Å². The molecule has 1 aromatic carbocycles. The first kappa shape index (κ1) is 14.0. The molecule has 1 N–H and O–H groups in total. The molecule has 2 aromatic rings. The zero-order valence-corrected chi connectivity index (χ0v) is 12.8. The molecular weight excluding hydrogens is 262 g/mol. The molecule has 1 amide bonds. The smallest absolute Gasteiger partial charge is 0.254 e. The summed E-state index contributed by atoms with van der Waals surface area (Å²) in [7, 11) is 0. The van der Waals surface area contributed by atoms with Gasteiger partial charge >= 0.3 is 0 Å². The van der Waals surface area contributed by atoms with E-state index in [1.165, 1.54) is 0 Å². The van der Waals surface area contributed by atoms with E-state index in [-0.39, 0.29) is 5.91 Å². The number of aromatic nitrogens is 1. The average molecular weight is 283 g/mol. The lowest BCUT2D eigenvalue weighted by Crippen LogP contribution is -2.55. The van der Waals surface area contributed by atoms with E-state index in [0.29, 0.717) is 12.1 Å². The van der Waals surface area contributed by atoms with Gasteiger partial charge in [0.2, 0.25) is 0 Å². The summed E-state index contributed by atoms with van der Waals surface area (Å²) < 4.78 is 0. The summed E-state index contributed by atoms with van der Waals surface area (Å²) in [4.78, 5) is 19.4. The molecule has 1 aromatic heterocycles. The molecule has 1 aliphatic heterocycles. The molecule has 21 heavy (non-hydrogen) atoms. The third kappa shape index (κ3) is 2.76. The maximum atomic E-state index is 12.9. The number of rotatable bonds is 1. The molecule has 0 bridgehead atoms. The predicted octanol–water partition coefficient (Wildman–Crippen LogP) is 2.37. The second-order valence-electron chi connectivity index (χ2n) is 6.01. The van der Waals surface area contributed by atoms with Crippen LogP contribution in [0.25, 0.3) is 10.9 Å². The van der Waals surface area contributed by atoms with Crippen LogP contribution in [0.4, 0.5) is 0 Å². The van der Waals surface area contributed by atoms with Crippen molar-refractivity contribution < 1.29 is 4.79 Å². The third-order valence-electron chi connectivity index (χ3n) is 3.92. The molecule has 0 aliphatic carbocycles. The van der Waals surface area contributed by atoms with Crippen LogP contribution >= 0.6 is 0 Å². The largest absolute Gasteiger partial charge is 0.336 e. The fourth-order valence-electron chi connectivity index (χ4n) is 3.15. The molecule has 3 rings (SSSR count). The molecule has 4 heteroatoms. The van der Waals surface area contributed by atoms with Crippen LogP contribution in [-0.4, -0.2) is 41.0 Å². The minimum absolute atomic E-state index is 0.108. The van der Waals surface area contributed by atoms with E-state index in [2.05, 4.69) is 24.1 Å². The molecule has 0 saturated carbocycles. The fraction of sp³-hybridized carbons (Fsp3) is 0.412. The highest BCUT2D eigenvalue weighted by Gasteiger charge is 2.26. The van der Waals surface area contributed by atoms with Crippen molar-refractivity contribution in [3.8, 4) is 0 Å². The molecule has 110 valence electrons. The molecule has 4 nitrogen and oxygen atoms in total. The van der Waals surface area contributed by atoms with Crippen LogP contribution in [0.15, 0.2) is 30.3 Å². The fourth-order valence-corrected chi connectivity index (χ4v) is 3.15. The topological polar surface area (TPSA) is 45.2 Å². The maximum absolute atomic E-state index is 12.9. The molecule has 0 radical (unpaired) electrons. The lowest BCUT2D eigenvalue weighted by atomic mass is 10.0. The Kier molecular flexibility index (Phi) is 3.64. The van der Waals surface area contributed by atoms with Gasteiger partial charge in [0.1, 0.15) is 0 Å². The van der Waals surface area contributed by atoms with Crippen molar-refractivity contribution in [2.45, 2.75) is 32.9 Å². The van der Waals surface area contributed by atoms with Crippen LogP contribution in [0.2, 0.25) is 0 Å². The normalized spacial score (nSPS) is 22.5. The number of nitrogens with one attached hydrogen (secondary N) is 1. The lowest BCUT2D eigenvalue weighted by molar-refractivity contribution is 0.0675. The molecule has 1 saturated heterocycles. The highest BCUT2D eigenvalue weighted by atomic mass is 16.2. The lowest BCUT2D eigenvalue weighted by Gasteiger charge is -2.36. The Hall–Kier alpha value is -1.94. The average Bonchev–Trinajstić information content (AvgIpc) is 2.44. The third-order valence-corrected chi connectivity index (χ3v) is 3.92. The maximum Gasteiger partial charge on any atom is 0.254 e. The van der Waals surface area contributed by atoms with Gasteiger partial charge in [0.25, 0.3) is 5.91 Å². The van der Waals surface area contributed by atoms with Crippen molar-refractivity contribution in [1.82, 2.24) is 15.2 Å². The van der Waals surface area contributed by atoms with Gasteiger partial charge in [-0.1, -0.05) is 18.2 Å². The van der Waals surface area contributed by atoms with Crippen molar-refractivity contribution >= 4 is 16.8 Å². The Morgan fingerprint density at radius 3 is 2.62 bits per heavy atom. The van der Waals surface area contributed by atoms with Crippen molar-refractivity contribution in [2.75, 3.05) is 13.1 Å². The predicted molar refractivity (Wildman–Crippen MR) is 84.4 cm³/mol. The summed E-state index contributed by atoms with van der Waals surface area (Å²) in [6, 6.07) is 10.4. The summed E-state index contributed by atoms with van der Waals surface area (Å²) in [5.41, 5.74) is 2.53. The number of para-hydroxylation sites is 1. The highest BCUT2D eigenvalue weighted by molar-refractivity contribution is 6.06. The highest BCUT2D eigenvalue weighted by Crippen LogP contribution is 2.21. The van der Waals surface area contributed by atoms with Gasteiger partial charge in [0.05, 0.1) is 11.1 Å². The first-order chi connectivity index (χ1) is 10.0. The summed E-state index contributed by atoms with van der Waals surface area (Å²) in [5, 5.41) is 4.39. The van der Waals surface area contributed by atoms with E-state index in [1.807, 2.05) is 42.2 Å². The van der Waals surface area contributed by atoms with Crippen molar-refractivity contribution in [3.63, 3.8) is 0 Å². The van der Waals surface area contributed by atoms with E-state index in [0.717, 1.165) is 35.2 Å². The molecule has 1 fully saturated rings. The van der Waals surface area contributed by atoms with E-state index in [4.69, 9.17) is 0 Å². The second kappa shape index (κ2) is 5.45. The number of pyridine rings is 1. The first-order valence-electron chi connectivity index (χ1n) is 7.46. The van der Waals surface area contributed by atoms with Crippen molar-refractivity contribution in [1.29, 1.82) is 0 Å². The van der Waals surface area contributed by atoms with Crippen LogP contribution in [0, 0.1) is 6.92 Å². The van der Waals surface area contributed by atoms with Gasteiger partial charge in [0, 0.05) is 36.3 Å². The first-order valence-corrected chi connectivity index (χ1v) is 7.46. The van der Waals surface area contributed by atoms with E-state index >= 15 is 0 Å². The quantitative estimate of drug-likeness (QED) is 0.874. The van der Waals surface area contributed by atoms with E-state index in [9.17, 15) is 4.79 Å². The minimum Gasteiger partial charge on any atom is -0.336 e. The van der Waals surface area contributed by atoms with Gasteiger partial charge in [-0.2, -0.15) is 0 Å². The summed E-state index contributed by atoms with van der Waals surface area (Å²) >= 11 is 0. The molecule has 0 spiro atoms. The number of benzene rings is 1.